The molecule has 0 radical (unpaired) electrons. The first kappa shape index (κ1) is 21.5. The van der Waals surface area contributed by atoms with Crippen LogP contribution in [0.25, 0.3) is 0 Å². The summed E-state index contributed by atoms with van der Waals surface area (Å²) in [7, 11) is 0. The standard InChI is InChI=1S/C17H17F5N6O2/c1-9(17(20,21)22)25-15(29)13-12-7-27(4-5-28(12)8-24-13)16(30)26-10-2-3-23-11(6-10)14(18)19/h2-3,6,8-9,14H,4-5,7H2,1H3,(H,25,29)(H,23,26,30)/t9-/m1/s1. The molecule has 2 aromatic rings. The van der Waals surface area contributed by atoms with Crippen molar-refractivity contribution in [2.75, 3.05) is 11.9 Å². The third kappa shape index (κ3) is 4.66. The van der Waals surface area contributed by atoms with Gasteiger partial charge in [-0.2, -0.15) is 13.2 Å². The van der Waals surface area contributed by atoms with Gasteiger partial charge in [-0.15, -0.1) is 0 Å². The average molecular weight is 432 g/mol. The molecule has 0 saturated carbocycles. The van der Waals surface area contributed by atoms with Gasteiger partial charge in [0.1, 0.15) is 11.7 Å². The molecule has 3 rings (SSSR count). The van der Waals surface area contributed by atoms with Crippen molar-refractivity contribution < 1.29 is 31.5 Å². The van der Waals surface area contributed by atoms with E-state index in [2.05, 4.69) is 15.3 Å². The summed E-state index contributed by atoms with van der Waals surface area (Å²) < 4.78 is 65.1. The fraction of sp³-hybridized carbons (Fsp3) is 0.412. The van der Waals surface area contributed by atoms with Gasteiger partial charge in [0.15, 0.2) is 5.69 Å². The van der Waals surface area contributed by atoms with E-state index in [0.717, 1.165) is 19.2 Å². The first-order chi connectivity index (χ1) is 14.1. The third-order valence-electron chi connectivity index (χ3n) is 4.49. The highest BCUT2D eigenvalue weighted by molar-refractivity contribution is 5.94. The van der Waals surface area contributed by atoms with Gasteiger partial charge < -0.3 is 20.1 Å². The van der Waals surface area contributed by atoms with Gasteiger partial charge >= 0.3 is 12.2 Å². The number of nitrogens with one attached hydrogen (secondary N) is 2. The van der Waals surface area contributed by atoms with Crippen molar-refractivity contribution in [3.8, 4) is 0 Å². The minimum absolute atomic E-state index is 0.0955. The molecule has 3 amide bonds. The molecule has 1 atom stereocenters. The predicted octanol–water partition coefficient (Wildman–Crippen LogP) is 2.94. The molecule has 0 unspecified atom stereocenters. The summed E-state index contributed by atoms with van der Waals surface area (Å²) in [6.07, 6.45) is -4.96. The number of fused-ring (bicyclic) bond motifs is 1. The van der Waals surface area contributed by atoms with E-state index in [9.17, 15) is 31.5 Å². The maximum atomic E-state index is 12.7. The Balaban J connectivity index is 1.71. The second-order valence-electron chi connectivity index (χ2n) is 6.59. The van der Waals surface area contributed by atoms with Gasteiger partial charge in [-0.05, 0) is 19.1 Å². The lowest BCUT2D eigenvalue weighted by Gasteiger charge is -2.29. The number of anilines is 1. The van der Waals surface area contributed by atoms with E-state index < -0.39 is 36.3 Å². The molecule has 1 aliphatic rings. The van der Waals surface area contributed by atoms with Crippen LogP contribution in [0.4, 0.5) is 32.4 Å². The van der Waals surface area contributed by atoms with E-state index in [4.69, 9.17) is 0 Å². The van der Waals surface area contributed by atoms with Crippen LogP contribution in [0.1, 0.15) is 35.2 Å². The largest absolute Gasteiger partial charge is 0.408 e. The minimum Gasteiger partial charge on any atom is -0.339 e. The SMILES string of the molecule is C[C@@H](NC(=O)c1ncn2c1CN(C(=O)Nc1ccnc(C(F)F)c1)CC2)C(F)(F)F. The fourth-order valence-electron chi connectivity index (χ4n) is 2.81. The number of imidazole rings is 1. The molecule has 0 fully saturated rings. The van der Waals surface area contributed by atoms with Crippen molar-refractivity contribution in [2.24, 2.45) is 0 Å². The molecule has 0 bridgehead atoms. The van der Waals surface area contributed by atoms with Gasteiger partial charge in [-0.1, -0.05) is 0 Å². The van der Waals surface area contributed by atoms with Crippen LogP contribution in [0.3, 0.4) is 0 Å². The predicted molar refractivity (Wildman–Crippen MR) is 93.8 cm³/mol. The lowest BCUT2D eigenvalue weighted by Crippen LogP contribution is -2.44. The molecule has 1 aliphatic heterocycles. The summed E-state index contributed by atoms with van der Waals surface area (Å²) in [6, 6.07) is -0.311. The lowest BCUT2D eigenvalue weighted by atomic mass is 10.2. The number of alkyl halides is 5. The zero-order valence-electron chi connectivity index (χ0n) is 15.6. The number of carbonyl (C=O) groups excluding carboxylic acids is 2. The first-order valence-corrected chi connectivity index (χ1v) is 8.78. The van der Waals surface area contributed by atoms with Crippen LogP contribution >= 0.6 is 0 Å². The van der Waals surface area contributed by atoms with Crippen LogP contribution in [0.2, 0.25) is 0 Å². The molecule has 8 nitrogen and oxygen atoms in total. The van der Waals surface area contributed by atoms with E-state index in [-0.39, 0.29) is 36.7 Å². The Morgan fingerprint density at radius 3 is 2.60 bits per heavy atom. The number of urea groups is 1. The highest BCUT2D eigenvalue weighted by Crippen LogP contribution is 2.23. The number of rotatable bonds is 4. The molecule has 30 heavy (non-hydrogen) atoms. The summed E-state index contributed by atoms with van der Waals surface area (Å²) >= 11 is 0. The maximum absolute atomic E-state index is 12.7. The van der Waals surface area contributed by atoms with Gasteiger partial charge in [0.05, 0.1) is 18.6 Å². The van der Waals surface area contributed by atoms with Crippen LogP contribution in [0.15, 0.2) is 24.7 Å². The number of hydrogen-bond acceptors (Lipinski definition) is 4. The van der Waals surface area contributed by atoms with Crippen LogP contribution < -0.4 is 10.6 Å². The molecule has 162 valence electrons. The summed E-state index contributed by atoms with van der Waals surface area (Å²) in [5, 5.41) is 4.30. The number of nitrogens with zero attached hydrogens (tertiary/aromatic N) is 4. The average Bonchev–Trinajstić information content (AvgIpc) is 3.10. The Hall–Kier alpha value is -3.25. The number of aromatic nitrogens is 3. The molecule has 0 aliphatic carbocycles. The van der Waals surface area contributed by atoms with E-state index >= 15 is 0 Å². The molecule has 3 heterocycles. The quantitative estimate of drug-likeness (QED) is 0.727. The lowest BCUT2D eigenvalue weighted by molar-refractivity contribution is -0.149. The van der Waals surface area contributed by atoms with Crippen molar-refractivity contribution in [3.05, 3.63) is 41.7 Å². The monoisotopic (exact) mass is 432 g/mol. The number of halogens is 5. The summed E-state index contributed by atoms with van der Waals surface area (Å²) in [5.74, 6) is -1.01. The number of hydrogen-bond donors (Lipinski definition) is 2. The topological polar surface area (TPSA) is 92.2 Å². The second-order valence-corrected chi connectivity index (χ2v) is 6.59. The van der Waals surface area contributed by atoms with E-state index in [1.807, 2.05) is 5.32 Å². The molecule has 0 aromatic carbocycles. The van der Waals surface area contributed by atoms with Crippen molar-refractivity contribution in [2.45, 2.75) is 38.7 Å². The van der Waals surface area contributed by atoms with Gasteiger partial charge in [0, 0.05) is 25.0 Å². The zero-order valence-corrected chi connectivity index (χ0v) is 15.6. The Kier molecular flexibility index (Phi) is 5.89. The van der Waals surface area contributed by atoms with Gasteiger partial charge in [0.2, 0.25) is 0 Å². The molecular formula is C17H17F5N6O2. The Morgan fingerprint density at radius 1 is 1.20 bits per heavy atom. The molecule has 2 aromatic heterocycles. The molecule has 0 spiro atoms. The number of carbonyl (C=O) groups is 2. The Bertz CT molecular complexity index is 945. The summed E-state index contributed by atoms with van der Waals surface area (Å²) in [6.45, 7) is 1.20. The molecule has 13 heteroatoms. The van der Waals surface area contributed by atoms with Gasteiger partial charge in [-0.25, -0.2) is 18.6 Å². The minimum atomic E-state index is -4.61. The fourth-order valence-corrected chi connectivity index (χ4v) is 2.81. The summed E-state index contributed by atoms with van der Waals surface area (Å²) in [4.78, 5) is 33.4. The third-order valence-corrected chi connectivity index (χ3v) is 4.49. The van der Waals surface area contributed by atoms with Gasteiger partial charge in [-0.3, -0.25) is 9.78 Å². The first-order valence-electron chi connectivity index (χ1n) is 8.78. The highest BCUT2D eigenvalue weighted by Gasteiger charge is 2.38. The normalized spacial score (nSPS) is 15.0. The van der Waals surface area contributed by atoms with E-state index in [1.54, 1.807) is 4.57 Å². The van der Waals surface area contributed by atoms with Crippen LogP contribution in [0.5, 0.6) is 0 Å². The van der Waals surface area contributed by atoms with Crippen molar-refractivity contribution in [1.82, 2.24) is 24.8 Å². The highest BCUT2D eigenvalue weighted by atomic mass is 19.4. The van der Waals surface area contributed by atoms with Crippen LogP contribution in [-0.4, -0.2) is 50.1 Å². The molecule has 0 saturated heterocycles. The van der Waals surface area contributed by atoms with Crippen molar-refractivity contribution in [1.29, 1.82) is 0 Å². The van der Waals surface area contributed by atoms with Crippen LogP contribution in [0, 0.1) is 0 Å². The molecule has 2 N–H and O–H groups in total. The summed E-state index contributed by atoms with van der Waals surface area (Å²) in [5.41, 5.74) is -0.331. The Labute approximate surface area is 167 Å². The van der Waals surface area contributed by atoms with Crippen LogP contribution in [-0.2, 0) is 13.1 Å². The number of pyridine rings is 1. The van der Waals surface area contributed by atoms with E-state index in [1.165, 1.54) is 17.3 Å². The zero-order chi connectivity index (χ0) is 22.1. The van der Waals surface area contributed by atoms with Crippen molar-refractivity contribution in [3.63, 3.8) is 0 Å². The molecular weight excluding hydrogens is 415 g/mol. The van der Waals surface area contributed by atoms with Crippen molar-refractivity contribution >= 4 is 17.6 Å². The Morgan fingerprint density at radius 2 is 1.93 bits per heavy atom. The second kappa shape index (κ2) is 8.24. The van der Waals surface area contributed by atoms with Gasteiger partial charge in [0.25, 0.3) is 12.3 Å². The maximum Gasteiger partial charge on any atom is 0.408 e. The smallest absolute Gasteiger partial charge is 0.339 e. The number of amides is 3. The van der Waals surface area contributed by atoms with E-state index in [0.29, 0.717) is 0 Å².